The summed E-state index contributed by atoms with van der Waals surface area (Å²) < 4.78 is 0. The van der Waals surface area contributed by atoms with Gasteiger partial charge < -0.3 is 0 Å². The highest BCUT2D eigenvalue weighted by atomic mass is 14.2. The molecule has 0 saturated heterocycles. The first-order valence-electron chi connectivity index (χ1n) is 7.97. The maximum Gasteiger partial charge on any atom is 0.0991 e. The minimum absolute atomic E-state index is 0.761. The van der Waals surface area contributed by atoms with E-state index in [0.717, 1.165) is 23.8 Å². The second-order valence-electron chi connectivity index (χ2n) is 5.96. The lowest BCUT2D eigenvalue weighted by Crippen LogP contribution is -2.13. The smallest absolute Gasteiger partial charge is 0.0991 e. The average Bonchev–Trinajstić information content (AvgIpc) is 2.52. The Hall–Kier alpha value is -1.55. The van der Waals surface area contributed by atoms with Crippen LogP contribution >= 0.6 is 0 Å². The van der Waals surface area contributed by atoms with E-state index in [9.17, 15) is 0 Å². The van der Waals surface area contributed by atoms with Crippen LogP contribution in [0.15, 0.2) is 36.4 Å². The lowest BCUT2D eigenvalue weighted by Gasteiger charge is -2.26. The molecule has 1 aliphatic carbocycles. The van der Waals surface area contributed by atoms with Gasteiger partial charge in [0.2, 0.25) is 0 Å². The van der Waals surface area contributed by atoms with E-state index in [2.05, 4.69) is 37.3 Å². The van der Waals surface area contributed by atoms with E-state index in [1.54, 1.807) is 0 Å². The summed E-state index contributed by atoms with van der Waals surface area (Å²) in [6.07, 6.45) is 13.9. The highest BCUT2D eigenvalue weighted by Crippen LogP contribution is 2.32. The van der Waals surface area contributed by atoms with Crippen molar-refractivity contribution in [2.75, 3.05) is 0 Å². The van der Waals surface area contributed by atoms with Gasteiger partial charge in [0.05, 0.1) is 11.6 Å². The highest BCUT2D eigenvalue weighted by Gasteiger charge is 2.19. The molecule has 0 N–H and O–H groups in total. The van der Waals surface area contributed by atoms with Crippen LogP contribution in [0.2, 0.25) is 0 Å². The highest BCUT2D eigenvalue weighted by molar-refractivity contribution is 5.31. The van der Waals surface area contributed by atoms with Gasteiger partial charge >= 0.3 is 0 Å². The van der Waals surface area contributed by atoms with Crippen LogP contribution in [-0.2, 0) is 6.42 Å². The Balaban J connectivity index is 1.73. The van der Waals surface area contributed by atoms with Crippen molar-refractivity contribution in [3.63, 3.8) is 0 Å². The summed E-state index contributed by atoms with van der Waals surface area (Å²) >= 11 is 0. The molecule has 2 rings (SSSR count). The molecule has 106 valence electrons. The van der Waals surface area contributed by atoms with Crippen LogP contribution in [0.3, 0.4) is 0 Å². The summed E-state index contributed by atoms with van der Waals surface area (Å²) in [4.78, 5) is 0. The molecule has 1 fully saturated rings. The summed E-state index contributed by atoms with van der Waals surface area (Å²) in [5.41, 5.74) is 2.13. The van der Waals surface area contributed by atoms with Gasteiger partial charge in [-0.15, -0.1) is 0 Å². The fraction of sp³-hybridized carbons (Fsp3) is 0.526. The molecule has 1 aromatic rings. The standard InChI is InChI=1S/C19H25N/c1-2-3-4-16-5-7-17(8-6-16)9-10-18-11-13-19(15-20)14-12-18/h3-4,11-14,16-17H,2,5-10H2,1H3/t16-,17-. The molecule has 0 heterocycles. The summed E-state index contributed by atoms with van der Waals surface area (Å²) in [7, 11) is 0. The number of hydrogen-bond acceptors (Lipinski definition) is 1. The zero-order valence-corrected chi connectivity index (χ0v) is 12.5. The van der Waals surface area contributed by atoms with Crippen molar-refractivity contribution in [3.05, 3.63) is 47.5 Å². The van der Waals surface area contributed by atoms with Crippen LogP contribution < -0.4 is 0 Å². The first-order chi connectivity index (χ1) is 9.81. The van der Waals surface area contributed by atoms with Crippen LogP contribution in [0.25, 0.3) is 0 Å². The number of benzene rings is 1. The summed E-state index contributed by atoms with van der Waals surface area (Å²) in [6, 6.07) is 10.3. The Morgan fingerprint density at radius 1 is 1.15 bits per heavy atom. The largest absolute Gasteiger partial charge is 0.192 e. The van der Waals surface area contributed by atoms with Crippen LogP contribution in [0.5, 0.6) is 0 Å². The number of nitrogens with zero attached hydrogens (tertiary/aromatic N) is 1. The average molecular weight is 267 g/mol. The maximum atomic E-state index is 8.79. The molecule has 0 aromatic heterocycles. The molecule has 1 saturated carbocycles. The molecule has 0 spiro atoms. The molecule has 1 heteroatoms. The Bertz CT molecular complexity index is 456. The summed E-state index contributed by atoms with van der Waals surface area (Å²) in [6.45, 7) is 2.21. The molecule has 1 aromatic carbocycles. The molecule has 0 bridgehead atoms. The molecular weight excluding hydrogens is 242 g/mol. The van der Waals surface area contributed by atoms with Gasteiger partial charge in [-0.25, -0.2) is 0 Å². The van der Waals surface area contributed by atoms with Crippen molar-refractivity contribution < 1.29 is 0 Å². The van der Waals surface area contributed by atoms with Gasteiger partial charge in [-0.1, -0.05) is 31.2 Å². The first kappa shape index (κ1) is 14.9. The third-order valence-electron chi connectivity index (χ3n) is 4.46. The molecule has 0 atom stereocenters. The van der Waals surface area contributed by atoms with Crippen molar-refractivity contribution in [2.45, 2.75) is 51.9 Å². The lowest BCUT2D eigenvalue weighted by atomic mass is 9.79. The maximum absolute atomic E-state index is 8.79. The molecule has 0 unspecified atom stereocenters. The van der Waals surface area contributed by atoms with Gasteiger partial charge in [0.15, 0.2) is 0 Å². The molecule has 0 aliphatic heterocycles. The normalized spacial score (nSPS) is 22.8. The third-order valence-corrected chi connectivity index (χ3v) is 4.46. The Labute approximate surface area is 123 Å². The molecular formula is C19H25N. The van der Waals surface area contributed by atoms with E-state index < -0.39 is 0 Å². The minimum Gasteiger partial charge on any atom is -0.192 e. The number of rotatable bonds is 5. The van der Waals surface area contributed by atoms with Gasteiger partial charge in [0.25, 0.3) is 0 Å². The van der Waals surface area contributed by atoms with E-state index in [1.165, 1.54) is 44.1 Å². The van der Waals surface area contributed by atoms with E-state index >= 15 is 0 Å². The molecule has 0 radical (unpaired) electrons. The van der Waals surface area contributed by atoms with Crippen molar-refractivity contribution in [2.24, 2.45) is 11.8 Å². The van der Waals surface area contributed by atoms with Crippen molar-refractivity contribution in [3.8, 4) is 6.07 Å². The van der Waals surface area contributed by atoms with Gasteiger partial charge in [-0.05, 0) is 74.5 Å². The predicted molar refractivity (Wildman–Crippen MR) is 84.4 cm³/mol. The Morgan fingerprint density at radius 2 is 1.85 bits per heavy atom. The van der Waals surface area contributed by atoms with Crippen LogP contribution in [0.4, 0.5) is 0 Å². The fourth-order valence-electron chi connectivity index (χ4n) is 3.11. The second kappa shape index (κ2) is 7.90. The van der Waals surface area contributed by atoms with Crippen molar-refractivity contribution in [1.29, 1.82) is 5.26 Å². The van der Waals surface area contributed by atoms with E-state index in [4.69, 9.17) is 5.26 Å². The molecule has 1 aliphatic rings. The van der Waals surface area contributed by atoms with Gasteiger partial charge in [-0.2, -0.15) is 5.26 Å². The fourth-order valence-corrected chi connectivity index (χ4v) is 3.11. The van der Waals surface area contributed by atoms with E-state index in [-0.39, 0.29) is 0 Å². The second-order valence-corrected chi connectivity index (χ2v) is 5.96. The minimum atomic E-state index is 0.761. The number of nitriles is 1. The van der Waals surface area contributed by atoms with Gasteiger partial charge in [0.1, 0.15) is 0 Å². The van der Waals surface area contributed by atoms with Crippen molar-refractivity contribution in [1.82, 2.24) is 0 Å². The SMILES string of the molecule is CCC=C[C@H]1CC[C@H](CCc2ccc(C#N)cc2)CC1. The van der Waals surface area contributed by atoms with Gasteiger partial charge in [-0.3, -0.25) is 0 Å². The first-order valence-corrected chi connectivity index (χ1v) is 7.97. The zero-order valence-electron chi connectivity index (χ0n) is 12.5. The summed E-state index contributed by atoms with van der Waals surface area (Å²) in [5.74, 6) is 1.73. The Morgan fingerprint density at radius 3 is 2.45 bits per heavy atom. The quantitative estimate of drug-likeness (QED) is 0.667. The van der Waals surface area contributed by atoms with Crippen LogP contribution in [0.1, 0.15) is 56.6 Å². The van der Waals surface area contributed by atoms with Crippen LogP contribution in [-0.4, -0.2) is 0 Å². The zero-order chi connectivity index (χ0) is 14.2. The number of hydrogen-bond donors (Lipinski definition) is 0. The molecule has 20 heavy (non-hydrogen) atoms. The van der Waals surface area contributed by atoms with Crippen LogP contribution in [0, 0.1) is 23.2 Å². The van der Waals surface area contributed by atoms with E-state index in [0.29, 0.717) is 0 Å². The molecule has 1 nitrogen and oxygen atoms in total. The monoisotopic (exact) mass is 267 g/mol. The van der Waals surface area contributed by atoms with Crippen molar-refractivity contribution >= 4 is 0 Å². The number of allylic oxidation sites excluding steroid dienone is 2. The third kappa shape index (κ3) is 4.53. The predicted octanol–water partition coefficient (Wildman–Crippen LogP) is 5.26. The summed E-state index contributed by atoms with van der Waals surface area (Å²) in [5, 5.41) is 8.79. The molecule has 0 amide bonds. The van der Waals surface area contributed by atoms with Gasteiger partial charge in [0, 0.05) is 0 Å². The number of aryl methyl sites for hydroxylation is 1. The topological polar surface area (TPSA) is 23.8 Å². The van der Waals surface area contributed by atoms with E-state index in [1.807, 2.05) is 12.1 Å². The Kier molecular flexibility index (Phi) is 5.87. The lowest BCUT2D eigenvalue weighted by molar-refractivity contribution is 0.296.